The van der Waals surface area contributed by atoms with Crippen LogP contribution in [-0.4, -0.2) is 49.0 Å². The Bertz CT molecular complexity index is 1590. The second-order valence-electron chi connectivity index (χ2n) is 8.22. The first kappa shape index (κ1) is 28.1. The highest BCUT2D eigenvalue weighted by Gasteiger charge is 2.35. The zero-order valence-corrected chi connectivity index (χ0v) is 20.6. The number of anilines is 1. The molecule has 3 aliphatic rings. The fourth-order valence-electron chi connectivity index (χ4n) is 4.07. The zero-order valence-electron chi connectivity index (χ0n) is 19.9. The quantitative estimate of drug-likeness (QED) is 0.204. The molecule has 1 aromatic carbocycles. The number of hydrogen-bond donors (Lipinski definition) is 2. The Hall–Kier alpha value is -4.93. The number of carbonyl (C=O) groups excluding carboxylic acids is 1. The van der Waals surface area contributed by atoms with Crippen molar-refractivity contribution in [1.29, 1.82) is 0 Å². The van der Waals surface area contributed by atoms with Crippen LogP contribution in [0.25, 0.3) is 11.4 Å². The number of aromatic hydroxyl groups is 1. The van der Waals surface area contributed by atoms with E-state index in [9.17, 15) is 33.6 Å². The minimum atomic E-state index is -5.19. The lowest BCUT2D eigenvalue weighted by Crippen LogP contribution is -2.37. The molecule has 0 radical (unpaired) electrons. The van der Waals surface area contributed by atoms with Gasteiger partial charge in [-0.05, 0) is 41.1 Å². The minimum absolute atomic E-state index is 0.0117. The Morgan fingerprint density at radius 1 is 1.32 bits per heavy atom. The van der Waals surface area contributed by atoms with Gasteiger partial charge in [0, 0.05) is 17.7 Å². The molecule has 1 saturated heterocycles. The maximum Gasteiger partial charge on any atom is 0.430 e. The van der Waals surface area contributed by atoms with Crippen LogP contribution in [0.3, 0.4) is 0 Å². The fourth-order valence-corrected chi connectivity index (χ4v) is 4.33. The Kier molecular flexibility index (Phi) is 7.76. The second kappa shape index (κ2) is 11.0. The van der Waals surface area contributed by atoms with Gasteiger partial charge in [-0.2, -0.15) is 13.2 Å². The van der Waals surface area contributed by atoms with E-state index in [1.807, 2.05) is 0 Å². The molecule has 3 N–H and O–H groups in total. The molecule has 1 fully saturated rings. The van der Waals surface area contributed by atoms with Gasteiger partial charge in [0.05, 0.1) is 23.4 Å². The van der Waals surface area contributed by atoms with E-state index in [1.165, 1.54) is 6.07 Å². The van der Waals surface area contributed by atoms with Gasteiger partial charge in [0.1, 0.15) is 29.0 Å². The highest BCUT2D eigenvalue weighted by atomic mass is 35.5. The topological polar surface area (TPSA) is 197 Å². The second-order valence-corrected chi connectivity index (χ2v) is 8.63. The number of carboxylic acids is 1. The number of nitro groups is 1. The number of carbonyl (C=O) groups is 1. The number of nitrogens with zero attached hydrogens (tertiary/aromatic N) is 6. The van der Waals surface area contributed by atoms with Crippen LogP contribution in [0.2, 0.25) is 5.02 Å². The number of rotatable bonds is 4. The molecule has 14 nitrogen and oxygen atoms in total. The lowest BCUT2D eigenvalue weighted by molar-refractivity contribution is -0.386. The largest absolute Gasteiger partial charge is 0.542 e. The summed E-state index contributed by atoms with van der Waals surface area (Å²) in [7, 11) is 0. The third kappa shape index (κ3) is 5.73. The van der Waals surface area contributed by atoms with Gasteiger partial charge < -0.3 is 20.2 Å². The number of halogens is 4. The summed E-state index contributed by atoms with van der Waals surface area (Å²) in [5, 5.41) is 44.1. The molecule has 1 atom stereocenters. The predicted molar refractivity (Wildman–Crippen MR) is 124 cm³/mol. The number of nitrogens with one attached hydrogen (secondary N) is 1. The van der Waals surface area contributed by atoms with Crippen molar-refractivity contribution in [2.45, 2.75) is 25.1 Å². The summed E-state index contributed by atoms with van der Waals surface area (Å²) in [5.74, 6) is -2.32. The zero-order chi connectivity index (χ0) is 29.2. The molecule has 1 unspecified atom stereocenters. The van der Waals surface area contributed by atoms with E-state index in [-0.39, 0.29) is 39.2 Å². The van der Waals surface area contributed by atoms with Crippen molar-refractivity contribution in [2.75, 3.05) is 11.4 Å². The monoisotopic (exact) mass is 583 g/mol. The summed E-state index contributed by atoms with van der Waals surface area (Å²) < 4.78 is 36.2. The van der Waals surface area contributed by atoms with Gasteiger partial charge in [-0.25, -0.2) is 14.6 Å². The molecule has 5 rings (SSSR count). The van der Waals surface area contributed by atoms with Crippen LogP contribution in [0.1, 0.15) is 24.4 Å². The van der Waals surface area contributed by atoms with Crippen molar-refractivity contribution in [3.8, 4) is 17.1 Å². The van der Waals surface area contributed by atoms with Gasteiger partial charge in [-0.15, -0.1) is 0 Å². The lowest BCUT2D eigenvalue weighted by atomic mass is 10.0. The van der Waals surface area contributed by atoms with E-state index in [0.717, 1.165) is 25.5 Å². The number of aromatic nitrogens is 4. The van der Waals surface area contributed by atoms with E-state index in [4.69, 9.17) is 21.5 Å². The van der Waals surface area contributed by atoms with Crippen LogP contribution in [0, 0.1) is 10.1 Å². The van der Waals surface area contributed by atoms with Crippen molar-refractivity contribution in [2.24, 2.45) is 4.99 Å². The van der Waals surface area contributed by atoms with E-state index >= 15 is 0 Å². The summed E-state index contributed by atoms with van der Waals surface area (Å²) in [4.78, 5) is 33.9. The van der Waals surface area contributed by atoms with Gasteiger partial charge in [-0.1, -0.05) is 16.6 Å². The SMILES string of the molecule is O=C([O-])C(F)(F)F.O=[N+]([O-])c1c(Cl)cc2n(O)onc-2c1=Nc1ccc(C2CCCN2c2nccc[nH+]2)c(O)c1. The van der Waals surface area contributed by atoms with E-state index < -0.39 is 22.8 Å². The number of phenols is 1. The van der Waals surface area contributed by atoms with Crippen molar-refractivity contribution < 1.29 is 47.9 Å². The van der Waals surface area contributed by atoms with E-state index in [0.29, 0.717) is 16.4 Å². The van der Waals surface area contributed by atoms with Gasteiger partial charge >= 0.3 is 17.8 Å². The number of aliphatic carboxylic acids is 1. The summed E-state index contributed by atoms with van der Waals surface area (Å²) in [6.45, 7) is 0.782. The first-order chi connectivity index (χ1) is 18.9. The molecule has 2 aromatic rings. The number of carboxylic acid groups (broad SMARTS) is 1. The van der Waals surface area contributed by atoms with Gasteiger partial charge in [0.2, 0.25) is 0 Å². The number of hydrogen-bond acceptors (Lipinski definition) is 11. The summed E-state index contributed by atoms with van der Waals surface area (Å²) >= 11 is 6.06. The van der Waals surface area contributed by atoms with Crippen molar-refractivity contribution in [3.63, 3.8) is 0 Å². The van der Waals surface area contributed by atoms with E-state index in [1.54, 1.807) is 30.6 Å². The molecule has 0 bridgehead atoms. The smallest absolute Gasteiger partial charge is 0.430 e. The first-order valence-corrected chi connectivity index (χ1v) is 11.6. The number of H-pyrrole nitrogens is 1. The van der Waals surface area contributed by atoms with Crippen LogP contribution in [-0.2, 0) is 4.79 Å². The predicted octanol–water partition coefficient (Wildman–Crippen LogP) is 2.17. The van der Waals surface area contributed by atoms with Crippen LogP contribution in [0.15, 0.2) is 52.3 Å². The Morgan fingerprint density at radius 3 is 2.65 bits per heavy atom. The third-order valence-corrected chi connectivity index (χ3v) is 6.03. The van der Waals surface area contributed by atoms with Crippen LogP contribution in [0.4, 0.5) is 30.5 Å². The number of aromatic amines is 1. The average molecular weight is 584 g/mol. The summed E-state index contributed by atoms with van der Waals surface area (Å²) in [6, 6.07) is 7.63. The standard InChI is InChI=1S/C20H16ClN7O5.C2HF3O2/c21-13-10-15-17(25-33-28(15)32)18(19(13)27(30)31)24-11-4-5-12(16(29)9-11)14-3-1-8-26(14)20-22-6-2-7-23-20;3-2(4,5)1(6)7/h2,4-7,9-10,14,29,32H,1,3,8H2;(H,6,7). The molecule has 0 spiro atoms. The van der Waals surface area contributed by atoms with Gasteiger partial charge in [0.25, 0.3) is 0 Å². The molecule has 210 valence electrons. The fraction of sp³-hybridized carbons (Fsp3) is 0.227. The Morgan fingerprint density at radius 2 is 2.05 bits per heavy atom. The number of alkyl halides is 3. The number of fused-ring (bicyclic) bond motifs is 1. The molecule has 18 heteroatoms. The maximum absolute atomic E-state index is 11.6. The average Bonchev–Trinajstić information content (AvgIpc) is 3.51. The van der Waals surface area contributed by atoms with Crippen molar-refractivity contribution in [3.05, 3.63) is 68.8 Å². The third-order valence-electron chi connectivity index (χ3n) is 5.74. The number of nitro benzene ring substituents is 1. The van der Waals surface area contributed by atoms with Crippen LogP contribution in [0.5, 0.6) is 5.75 Å². The molecule has 0 amide bonds. The molecule has 0 saturated carbocycles. The maximum atomic E-state index is 11.6. The summed E-state index contributed by atoms with van der Waals surface area (Å²) in [5.41, 5.74) is 0.396. The minimum Gasteiger partial charge on any atom is -0.542 e. The molecule has 40 heavy (non-hydrogen) atoms. The molecule has 1 aromatic heterocycles. The highest BCUT2D eigenvalue weighted by molar-refractivity contribution is 6.33. The molecular formula is C22H17ClF3N7O7. The van der Waals surface area contributed by atoms with Gasteiger partial charge in [-0.3, -0.25) is 15.0 Å². The van der Waals surface area contributed by atoms with Gasteiger partial charge in [0.15, 0.2) is 16.7 Å². The van der Waals surface area contributed by atoms with Crippen molar-refractivity contribution >= 4 is 34.9 Å². The van der Waals surface area contributed by atoms with E-state index in [2.05, 4.69) is 29.6 Å². The normalized spacial score (nSPS) is 15.7. The Labute approximate surface area is 225 Å². The number of benzene rings is 2. The lowest BCUT2D eigenvalue weighted by Gasteiger charge is -2.19. The summed E-state index contributed by atoms with van der Waals surface area (Å²) in [6.07, 6.45) is 0.0464. The van der Waals surface area contributed by atoms with Crippen LogP contribution >= 0.6 is 11.6 Å². The molecule has 1 aliphatic carbocycles. The first-order valence-electron chi connectivity index (χ1n) is 11.2. The molecular weight excluding hydrogens is 567 g/mol. The number of phenolic OH excluding ortho intramolecular Hbond substituents is 1. The van der Waals surface area contributed by atoms with Crippen molar-refractivity contribution in [1.82, 2.24) is 15.0 Å². The molecule has 2 aliphatic heterocycles. The van der Waals surface area contributed by atoms with Crippen LogP contribution < -0.4 is 20.3 Å². The molecule has 3 heterocycles. The highest BCUT2D eigenvalue weighted by Crippen LogP contribution is 2.39. The Balaban J connectivity index is 0.000000470.